The van der Waals surface area contributed by atoms with Gasteiger partial charge in [-0.05, 0) is 44.0 Å². The number of benzene rings is 1. The Morgan fingerprint density at radius 2 is 1.96 bits per heavy atom. The van der Waals surface area contributed by atoms with Gasteiger partial charge in [0.2, 0.25) is 0 Å². The Balaban J connectivity index is 1.48. The van der Waals surface area contributed by atoms with Gasteiger partial charge in [-0.1, -0.05) is 12.1 Å². The summed E-state index contributed by atoms with van der Waals surface area (Å²) < 4.78 is 19.7. The lowest BCUT2D eigenvalue weighted by molar-refractivity contribution is -0.124. The number of halogens is 1. The van der Waals surface area contributed by atoms with Crippen molar-refractivity contribution in [3.05, 3.63) is 59.7 Å². The molecule has 146 valence electrons. The summed E-state index contributed by atoms with van der Waals surface area (Å²) in [6.07, 6.45) is 3.61. The number of aromatic nitrogens is 3. The van der Waals surface area contributed by atoms with Gasteiger partial charge in [0.15, 0.2) is 12.3 Å². The molecule has 7 nitrogen and oxygen atoms in total. The highest BCUT2D eigenvalue weighted by atomic mass is 19.1. The minimum Gasteiger partial charge on any atom is -0.452 e. The lowest BCUT2D eigenvalue weighted by Crippen LogP contribution is -2.30. The van der Waals surface area contributed by atoms with Gasteiger partial charge in [0.25, 0.3) is 5.91 Å². The smallest absolute Gasteiger partial charge is 0.340 e. The van der Waals surface area contributed by atoms with Crippen molar-refractivity contribution in [3.8, 4) is 0 Å². The van der Waals surface area contributed by atoms with Crippen LogP contribution in [0.3, 0.4) is 0 Å². The minimum atomic E-state index is -0.625. The molecule has 3 aromatic rings. The van der Waals surface area contributed by atoms with Crippen LogP contribution in [0, 0.1) is 5.82 Å². The van der Waals surface area contributed by atoms with Gasteiger partial charge in [-0.25, -0.2) is 18.9 Å². The number of carbonyl (C=O) groups is 2. The molecule has 3 rings (SSSR count). The van der Waals surface area contributed by atoms with Crippen LogP contribution in [0.15, 0.2) is 42.7 Å². The van der Waals surface area contributed by atoms with E-state index in [2.05, 4.69) is 15.4 Å². The van der Waals surface area contributed by atoms with E-state index >= 15 is 0 Å². The van der Waals surface area contributed by atoms with Gasteiger partial charge in [0.1, 0.15) is 5.82 Å². The van der Waals surface area contributed by atoms with E-state index in [1.165, 1.54) is 18.3 Å². The average molecular weight is 384 g/mol. The van der Waals surface area contributed by atoms with Crippen molar-refractivity contribution in [1.82, 2.24) is 20.1 Å². The molecule has 28 heavy (non-hydrogen) atoms. The fraction of sp³-hybridized carbons (Fsp3) is 0.300. The molecule has 0 unspecified atom stereocenters. The van der Waals surface area contributed by atoms with Gasteiger partial charge < -0.3 is 10.1 Å². The molecule has 0 aliphatic rings. The van der Waals surface area contributed by atoms with Crippen molar-refractivity contribution in [2.24, 2.45) is 0 Å². The second-order valence-corrected chi connectivity index (χ2v) is 6.62. The molecule has 1 aromatic carbocycles. The maximum Gasteiger partial charge on any atom is 0.340 e. The molecule has 0 fully saturated rings. The Labute approximate surface area is 161 Å². The highest BCUT2D eigenvalue weighted by Crippen LogP contribution is 2.17. The summed E-state index contributed by atoms with van der Waals surface area (Å²) in [5.41, 5.74) is 1.85. The molecule has 1 N–H and O–H groups in total. The third-order valence-corrected chi connectivity index (χ3v) is 4.14. The predicted octanol–water partition coefficient (Wildman–Crippen LogP) is 2.67. The Hall–Kier alpha value is -3.29. The largest absolute Gasteiger partial charge is 0.452 e. The van der Waals surface area contributed by atoms with Gasteiger partial charge in [-0.15, -0.1) is 0 Å². The molecular formula is C20H21FN4O3. The van der Waals surface area contributed by atoms with Gasteiger partial charge in [-0.2, -0.15) is 5.10 Å². The third-order valence-electron chi connectivity index (χ3n) is 4.14. The van der Waals surface area contributed by atoms with Crippen LogP contribution in [-0.2, 0) is 16.0 Å². The van der Waals surface area contributed by atoms with Gasteiger partial charge >= 0.3 is 5.97 Å². The molecule has 0 saturated carbocycles. The monoisotopic (exact) mass is 384 g/mol. The second-order valence-electron chi connectivity index (χ2n) is 6.62. The summed E-state index contributed by atoms with van der Waals surface area (Å²) in [7, 11) is 0. The first kappa shape index (κ1) is 19.5. The zero-order chi connectivity index (χ0) is 20.1. The summed E-state index contributed by atoms with van der Waals surface area (Å²) in [6.45, 7) is 3.96. The van der Waals surface area contributed by atoms with Crippen molar-refractivity contribution in [1.29, 1.82) is 0 Å². The number of carbonyl (C=O) groups excluding carboxylic acids is 2. The molecule has 1 amide bonds. The standard InChI is InChI=1S/C20H21FN4O3/c1-13(2)25-19-15(11-24-25)9-16(10-23-19)20(27)28-12-18(26)22-8-7-14-3-5-17(21)6-4-14/h3-6,9-11,13H,7-8,12H2,1-2H3,(H,22,26). The molecule has 2 heterocycles. The second kappa shape index (κ2) is 8.60. The van der Waals surface area contributed by atoms with Crippen molar-refractivity contribution in [2.45, 2.75) is 26.3 Å². The number of nitrogens with one attached hydrogen (secondary N) is 1. The normalized spacial score (nSPS) is 11.0. The molecule has 8 heteroatoms. The van der Waals surface area contributed by atoms with Crippen LogP contribution >= 0.6 is 0 Å². The molecule has 0 saturated heterocycles. The van der Waals surface area contributed by atoms with E-state index in [0.717, 1.165) is 10.9 Å². The first-order valence-corrected chi connectivity index (χ1v) is 8.95. The molecule has 0 aliphatic heterocycles. The zero-order valence-corrected chi connectivity index (χ0v) is 15.7. The first-order chi connectivity index (χ1) is 13.4. The van der Waals surface area contributed by atoms with E-state index in [-0.39, 0.29) is 24.0 Å². The third kappa shape index (κ3) is 4.70. The molecule has 2 aromatic heterocycles. The summed E-state index contributed by atoms with van der Waals surface area (Å²) in [5, 5.41) is 7.64. The Bertz CT molecular complexity index is 983. The van der Waals surface area contributed by atoms with Gasteiger partial charge in [0, 0.05) is 24.2 Å². The van der Waals surface area contributed by atoms with E-state index in [4.69, 9.17) is 4.74 Å². The molecule has 0 spiro atoms. The van der Waals surface area contributed by atoms with Crippen LogP contribution in [-0.4, -0.2) is 39.8 Å². The zero-order valence-electron chi connectivity index (χ0n) is 15.7. The Morgan fingerprint density at radius 1 is 1.21 bits per heavy atom. The Morgan fingerprint density at radius 3 is 2.68 bits per heavy atom. The van der Waals surface area contributed by atoms with Crippen LogP contribution in [0.5, 0.6) is 0 Å². The molecular weight excluding hydrogens is 363 g/mol. The SMILES string of the molecule is CC(C)n1ncc2cc(C(=O)OCC(=O)NCCc3ccc(F)cc3)cnc21. The number of fused-ring (bicyclic) bond motifs is 1. The van der Waals surface area contributed by atoms with Gasteiger partial charge in [0.05, 0.1) is 11.8 Å². The van der Waals surface area contributed by atoms with Crippen molar-refractivity contribution < 1.29 is 18.7 Å². The number of nitrogens with zero attached hydrogens (tertiary/aromatic N) is 3. The molecule has 0 aliphatic carbocycles. The van der Waals surface area contributed by atoms with Crippen LogP contribution < -0.4 is 5.32 Å². The highest BCUT2D eigenvalue weighted by molar-refractivity contribution is 5.94. The maximum absolute atomic E-state index is 12.8. The van der Waals surface area contributed by atoms with E-state index in [0.29, 0.717) is 18.6 Å². The number of rotatable bonds is 7. The highest BCUT2D eigenvalue weighted by Gasteiger charge is 2.14. The van der Waals surface area contributed by atoms with Crippen molar-refractivity contribution >= 4 is 22.9 Å². The summed E-state index contributed by atoms with van der Waals surface area (Å²) in [5.74, 6) is -1.33. The number of esters is 1. The maximum atomic E-state index is 12.8. The quantitative estimate of drug-likeness (QED) is 0.633. The summed E-state index contributed by atoms with van der Waals surface area (Å²) >= 11 is 0. The van der Waals surface area contributed by atoms with E-state index in [9.17, 15) is 14.0 Å². The molecule has 0 radical (unpaired) electrons. The number of ether oxygens (including phenoxy) is 1. The first-order valence-electron chi connectivity index (χ1n) is 8.95. The van der Waals surface area contributed by atoms with E-state index < -0.39 is 11.9 Å². The number of pyridine rings is 1. The minimum absolute atomic E-state index is 0.154. The van der Waals surface area contributed by atoms with Crippen molar-refractivity contribution in [3.63, 3.8) is 0 Å². The lowest BCUT2D eigenvalue weighted by Gasteiger charge is -2.08. The van der Waals surface area contributed by atoms with E-state index in [1.54, 1.807) is 29.1 Å². The van der Waals surface area contributed by atoms with Crippen LogP contribution in [0.25, 0.3) is 11.0 Å². The van der Waals surface area contributed by atoms with Gasteiger partial charge in [-0.3, -0.25) is 4.79 Å². The topological polar surface area (TPSA) is 86.1 Å². The fourth-order valence-electron chi connectivity index (χ4n) is 2.69. The summed E-state index contributed by atoms with van der Waals surface area (Å²) in [4.78, 5) is 28.3. The molecule has 0 atom stereocenters. The number of hydrogen-bond donors (Lipinski definition) is 1. The van der Waals surface area contributed by atoms with E-state index in [1.807, 2.05) is 13.8 Å². The number of amides is 1. The predicted molar refractivity (Wildman–Crippen MR) is 101 cm³/mol. The summed E-state index contributed by atoms with van der Waals surface area (Å²) in [6, 6.07) is 7.85. The number of hydrogen-bond acceptors (Lipinski definition) is 5. The fourth-order valence-corrected chi connectivity index (χ4v) is 2.69. The van der Waals surface area contributed by atoms with Crippen LogP contribution in [0.2, 0.25) is 0 Å². The average Bonchev–Trinajstić information content (AvgIpc) is 3.11. The Kier molecular flexibility index (Phi) is 5.98. The van der Waals surface area contributed by atoms with Crippen LogP contribution in [0.1, 0.15) is 35.8 Å². The lowest BCUT2D eigenvalue weighted by atomic mass is 10.1. The van der Waals surface area contributed by atoms with Crippen molar-refractivity contribution in [2.75, 3.05) is 13.2 Å². The van der Waals surface area contributed by atoms with Crippen LogP contribution in [0.4, 0.5) is 4.39 Å². The molecule has 0 bridgehead atoms.